The lowest BCUT2D eigenvalue weighted by Crippen LogP contribution is -2.37. The Hall–Kier alpha value is -16.5. The fourth-order valence-corrected chi connectivity index (χ4v) is 25.1. The van der Waals surface area contributed by atoms with E-state index in [9.17, 15) is 0 Å². The third-order valence-corrected chi connectivity index (χ3v) is 35.5. The van der Waals surface area contributed by atoms with Crippen LogP contribution in [0.3, 0.4) is 0 Å². The van der Waals surface area contributed by atoms with Gasteiger partial charge in [0.25, 0.3) is 0 Å². The van der Waals surface area contributed by atoms with Gasteiger partial charge in [-0.05, 0) is 282 Å². The van der Waals surface area contributed by atoms with Crippen molar-refractivity contribution in [1.82, 2.24) is 9.13 Å². The summed E-state index contributed by atoms with van der Waals surface area (Å²) >= 11 is 0. The van der Waals surface area contributed by atoms with Gasteiger partial charge < -0.3 is 18.9 Å². The summed E-state index contributed by atoms with van der Waals surface area (Å²) in [7, 11) is -4.14. The molecule has 0 fully saturated rings. The average molecular weight is 1870 g/mol. The minimum Gasteiger partial charge on any atom is -0.311 e. The molecule has 0 atom stereocenters. The summed E-state index contributed by atoms with van der Waals surface area (Å²) in [6.45, 7) is 21.6. The lowest BCUT2D eigenvalue weighted by molar-refractivity contribution is 1.18. The predicted octanol–water partition coefficient (Wildman–Crippen LogP) is 36.7. The van der Waals surface area contributed by atoms with E-state index in [1.807, 2.05) is 0 Å². The van der Waals surface area contributed by atoms with Crippen LogP contribution in [0.15, 0.2) is 491 Å². The van der Waals surface area contributed by atoms with Crippen molar-refractivity contribution in [2.24, 2.45) is 0 Å². The zero-order valence-corrected chi connectivity index (χ0v) is 84.6. The van der Waals surface area contributed by atoms with Crippen LogP contribution in [0.2, 0.25) is 58.9 Å². The Bertz CT molecular complexity index is 8940. The van der Waals surface area contributed by atoms with Gasteiger partial charge in [-0.25, -0.2) is 0 Å². The highest BCUT2D eigenvalue weighted by Gasteiger charge is 2.25. The van der Waals surface area contributed by atoms with Crippen LogP contribution in [-0.4, -0.2) is 33.4 Å². The number of para-hydroxylation sites is 2. The maximum Gasteiger partial charge on any atom is 0.0775 e. The van der Waals surface area contributed by atoms with Gasteiger partial charge in [-0.15, -0.1) is 0 Å². The van der Waals surface area contributed by atoms with Crippen molar-refractivity contribution in [1.29, 1.82) is 0 Å². The highest BCUT2D eigenvalue weighted by molar-refractivity contribution is 6.89. The van der Waals surface area contributed by atoms with E-state index in [1.54, 1.807) is 0 Å². The Morgan fingerprint density at radius 2 is 0.324 bits per heavy atom. The third-order valence-electron chi connectivity index (χ3n) is 29.3. The number of fused-ring (bicyclic) bond motifs is 18. The molecule has 2 heterocycles. The predicted molar refractivity (Wildman–Crippen MR) is 623 cm³/mol. The van der Waals surface area contributed by atoms with Crippen LogP contribution in [0.4, 0.5) is 34.1 Å². The van der Waals surface area contributed by atoms with Crippen molar-refractivity contribution in [3.05, 3.63) is 491 Å². The van der Waals surface area contributed by atoms with Gasteiger partial charge in [0.2, 0.25) is 0 Å². The van der Waals surface area contributed by atoms with Gasteiger partial charge in [-0.3, -0.25) is 0 Å². The van der Waals surface area contributed by atoms with Gasteiger partial charge in [-0.1, -0.05) is 426 Å². The van der Waals surface area contributed by atoms with E-state index in [4.69, 9.17) is 0 Å². The molecule has 0 radical (unpaired) electrons. The molecule has 25 rings (SSSR count). The zero-order valence-electron chi connectivity index (χ0n) is 81.6. The highest BCUT2D eigenvalue weighted by Crippen LogP contribution is 2.47. The smallest absolute Gasteiger partial charge is 0.0775 e. The Balaban J connectivity index is 0.000000153. The van der Waals surface area contributed by atoms with Crippen LogP contribution in [0, 0.1) is 0 Å². The van der Waals surface area contributed by atoms with E-state index in [0.29, 0.717) is 0 Å². The van der Waals surface area contributed by atoms with Crippen molar-refractivity contribution in [3.8, 4) is 89.3 Å². The van der Waals surface area contributed by atoms with Crippen molar-refractivity contribution in [2.75, 3.05) is 9.80 Å². The standard InChI is InChI=1S/C69H52N2Si.C66H56N2Si2/c1-72(2,3)59-41-29-50(30-42-59)49-23-35-56(36-24-49)70(55-33-21-48(22-34-55)47-13-5-4-6-14-47)57-37-25-52(26-38-57)54-32-44-69-67(46-54)65-19-11-12-20-68(65)71(69)58-39-27-51(28-40-58)53-31-43-64-62-17-8-7-15-60(62)61-16-9-10-18-63(61)66(64)45-53;1-69(2,3)55-37-25-47(26-38-55)45-19-30-51(31-20-45)67(52-32-21-46(22-33-52)48-27-39-56(40-28-48)70(4,5)6)53-34-23-49(24-35-53)50-29-42-66-64(43-50)62-17-11-12-18-65(62)68(66)54-36-41-61-59-15-8-7-13-57(59)58-14-9-10-16-60(58)63(61)44-54/h4-46H,1-3H3;7-44H,1-6H3. The quantitative estimate of drug-likeness (QED) is 0.0629. The second-order valence-electron chi connectivity index (χ2n) is 41.2. The third kappa shape index (κ3) is 16.5. The van der Waals surface area contributed by atoms with E-state index in [1.165, 1.54) is 202 Å². The van der Waals surface area contributed by atoms with Gasteiger partial charge in [0.1, 0.15) is 0 Å². The highest BCUT2D eigenvalue weighted by atomic mass is 28.3. The molecule has 680 valence electrons. The number of hydrogen-bond donors (Lipinski definition) is 0. The first-order valence-electron chi connectivity index (χ1n) is 49.7. The zero-order chi connectivity index (χ0) is 96.1. The fraction of sp³-hybridized carbons (Fsp3) is 0.0667. The molecule has 2 aromatic heterocycles. The van der Waals surface area contributed by atoms with E-state index in [2.05, 4.69) is 569 Å². The number of hydrogen-bond acceptors (Lipinski definition) is 2. The van der Waals surface area contributed by atoms with Crippen LogP contribution < -0.4 is 25.4 Å². The molecule has 0 spiro atoms. The first-order chi connectivity index (χ1) is 69.3. The van der Waals surface area contributed by atoms with Crippen molar-refractivity contribution < 1.29 is 0 Å². The molecule has 0 aliphatic rings. The Morgan fingerprint density at radius 3 is 0.627 bits per heavy atom. The number of benzene rings is 23. The monoisotopic (exact) mass is 1870 g/mol. The molecule has 0 amide bonds. The summed E-state index contributed by atoms with van der Waals surface area (Å²) < 4.78 is 4.86. The van der Waals surface area contributed by atoms with E-state index >= 15 is 0 Å². The summed E-state index contributed by atoms with van der Waals surface area (Å²) in [5, 5.41) is 24.9. The average Bonchev–Trinajstić information content (AvgIpc) is 1.41. The van der Waals surface area contributed by atoms with Gasteiger partial charge in [-0.2, -0.15) is 0 Å². The molecule has 0 unspecified atom stereocenters. The molecule has 25 aromatic rings. The normalized spacial score (nSPS) is 12.0. The molecule has 23 aromatic carbocycles. The molecule has 4 nitrogen and oxygen atoms in total. The second kappa shape index (κ2) is 36.0. The van der Waals surface area contributed by atoms with Crippen LogP contribution in [0.25, 0.3) is 198 Å². The summed E-state index contributed by atoms with van der Waals surface area (Å²) in [5.74, 6) is 0. The molecule has 0 aliphatic carbocycles. The number of aromatic nitrogens is 2. The number of nitrogens with zero attached hydrogens (tertiary/aromatic N) is 4. The van der Waals surface area contributed by atoms with E-state index < -0.39 is 24.2 Å². The van der Waals surface area contributed by atoms with Crippen LogP contribution >= 0.6 is 0 Å². The van der Waals surface area contributed by atoms with Crippen molar-refractivity contribution in [3.63, 3.8) is 0 Å². The lowest BCUT2D eigenvalue weighted by Gasteiger charge is -2.26. The van der Waals surface area contributed by atoms with Gasteiger partial charge in [0.15, 0.2) is 0 Å². The van der Waals surface area contributed by atoms with Gasteiger partial charge >= 0.3 is 0 Å². The van der Waals surface area contributed by atoms with Crippen LogP contribution in [0.5, 0.6) is 0 Å². The molecular weight excluding hydrogens is 1760 g/mol. The Kier molecular flexibility index (Phi) is 22.4. The van der Waals surface area contributed by atoms with Crippen molar-refractivity contribution >= 4 is 182 Å². The summed E-state index contributed by atoms with van der Waals surface area (Å²) in [5.41, 5.74) is 30.7. The molecule has 142 heavy (non-hydrogen) atoms. The van der Waals surface area contributed by atoms with E-state index in [0.717, 1.165) is 45.5 Å². The summed E-state index contributed by atoms with van der Waals surface area (Å²) in [6.07, 6.45) is 0. The van der Waals surface area contributed by atoms with Crippen molar-refractivity contribution in [2.45, 2.75) is 58.9 Å². The molecule has 7 heteroatoms. The van der Waals surface area contributed by atoms with Gasteiger partial charge in [0, 0.05) is 67.0 Å². The molecule has 0 N–H and O–H groups in total. The molecular formula is C135H108N4Si3. The minimum absolute atomic E-state index is 1.10. The Morgan fingerprint density at radius 1 is 0.134 bits per heavy atom. The maximum absolute atomic E-state index is 2.44. The maximum atomic E-state index is 2.44. The molecule has 0 bridgehead atoms. The SMILES string of the molecule is C[Si](C)(C)c1ccc(-c2ccc(N(c3ccc(-c4ccc([Si](C)(C)C)cc4)cc3)c3ccc(-c4ccc5c(c4)c4ccccc4n5-c4ccc5c6ccccc6c6ccccc6c5c4)cc3)cc2)cc1.C[Si](C)(C)c1ccc(-c2ccc(N(c3ccc(-c4ccccc4)cc3)c3ccc(-c4ccc5c(c4)c4ccccc4n5-c4ccc(-c5ccc6c7ccccc7c7ccccc7c6c5)cc4)cc3)cc2)cc1. The van der Waals surface area contributed by atoms with Crippen LogP contribution in [-0.2, 0) is 0 Å². The number of rotatable bonds is 18. The minimum atomic E-state index is -1.38. The largest absolute Gasteiger partial charge is 0.311 e. The second-order valence-corrected chi connectivity index (χ2v) is 56.4. The fourth-order valence-electron chi connectivity index (χ4n) is 21.6. The number of anilines is 6. The Labute approximate surface area is 834 Å². The summed E-state index contributed by atoms with van der Waals surface area (Å²) in [4.78, 5) is 4.74. The van der Waals surface area contributed by atoms with Gasteiger partial charge in [0.05, 0.1) is 46.3 Å². The molecule has 0 saturated carbocycles. The van der Waals surface area contributed by atoms with E-state index in [-0.39, 0.29) is 0 Å². The first-order valence-corrected chi connectivity index (χ1v) is 60.2. The topological polar surface area (TPSA) is 16.3 Å². The van der Waals surface area contributed by atoms with Crippen LogP contribution in [0.1, 0.15) is 0 Å². The first kappa shape index (κ1) is 88.2. The summed E-state index contributed by atoms with van der Waals surface area (Å²) in [6, 6.07) is 182. The molecule has 0 saturated heterocycles. The lowest BCUT2D eigenvalue weighted by atomic mass is 9.92. The molecule has 0 aliphatic heterocycles.